The summed E-state index contributed by atoms with van der Waals surface area (Å²) in [5.74, 6) is -1.63. The number of nitrogens with zero attached hydrogens (tertiary/aromatic N) is 2. The maximum Gasteiger partial charge on any atom is 0.361 e. The third-order valence-electron chi connectivity index (χ3n) is 3.71. The summed E-state index contributed by atoms with van der Waals surface area (Å²) in [6.45, 7) is 0. The predicted molar refractivity (Wildman–Crippen MR) is 87.3 cm³/mol. The number of nitrogens with one attached hydrogen (secondary N) is 1. The van der Waals surface area contributed by atoms with Crippen LogP contribution in [-0.4, -0.2) is 15.0 Å². The fourth-order valence-corrected chi connectivity index (χ4v) is 2.37. The molecule has 25 heavy (non-hydrogen) atoms. The average Bonchev–Trinajstić information content (AvgIpc) is 2.59. The smallest absolute Gasteiger partial charge is 0.361 e. The number of hydrogen-bond donors (Lipinski definition) is 1. The number of aryl methyl sites for hydroxylation is 1. The van der Waals surface area contributed by atoms with Gasteiger partial charge in [-0.15, -0.1) is 0 Å². The lowest BCUT2D eigenvalue weighted by Crippen LogP contribution is -2.37. The number of aromatic nitrogens is 2. The standard InChI is InChI=1S/C16H12FN3O5/c1-19-13(22)9-7-11(15(23)25-14(9)20(2)16(19)24)18-12(21)8-5-3-4-6-10(8)17/h3-7H,1-2H3,(H,18,21). The van der Waals surface area contributed by atoms with Gasteiger partial charge in [0, 0.05) is 14.1 Å². The van der Waals surface area contributed by atoms with Gasteiger partial charge in [0.05, 0.1) is 5.56 Å². The molecule has 0 radical (unpaired) electrons. The van der Waals surface area contributed by atoms with Gasteiger partial charge in [-0.05, 0) is 18.2 Å². The number of rotatable bonds is 2. The van der Waals surface area contributed by atoms with Crippen LogP contribution in [0.25, 0.3) is 11.1 Å². The second-order valence-corrected chi connectivity index (χ2v) is 5.31. The highest BCUT2D eigenvalue weighted by atomic mass is 19.1. The fraction of sp³-hybridized carbons (Fsp3) is 0.125. The first-order valence-corrected chi connectivity index (χ1v) is 7.11. The van der Waals surface area contributed by atoms with Gasteiger partial charge >= 0.3 is 11.3 Å². The topological polar surface area (TPSA) is 103 Å². The summed E-state index contributed by atoms with van der Waals surface area (Å²) in [4.78, 5) is 48.2. The molecule has 1 amide bonds. The first-order chi connectivity index (χ1) is 11.8. The van der Waals surface area contributed by atoms with E-state index in [2.05, 4.69) is 5.32 Å². The van der Waals surface area contributed by atoms with Crippen molar-refractivity contribution in [2.75, 3.05) is 5.32 Å². The normalized spacial score (nSPS) is 10.8. The van der Waals surface area contributed by atoms with Crippen LogP contribution in [0, 0.1) is 5.82 Å². The van der Waals surface area contributed by atoms with E-state index in [1.807, 2.05) is 0 Å². The van der Waals surface area contributed by atoms with E-state index < -0.39 is 28.6 Å². The van der Waals surface area contributed by atoms with Crippen LogP contribution in [0.2, 0.25) is 0 Å². The summed E-state index contributed by atoms with van der Waals surface area (Å²) in [6.07, 6.45) is 0. The molecule has 0 spiro atoms. The monoisotopic (exact) mass is 345 g/mol. The first kappa shape index (κ1) is 16.4. The molecule has 9 heteroatoms. The average molecular weight is 345 g/mol. The van der Waals surface area contributed by atoms with Crippen LogP contribution in [-0.2, 0) is 14.1 Å². The van der Waals surface area contributed by atoms with Crippen LogP contribution < -0.4 is 22.2 Å². The molecule has 0 bridgehead atoms. The molecule has 8 nitrogen and oxygen atoms in total. The minimum absolute atomic E-state index is 0.0759. The van der Waals surface area contributed by atoms with Gasteiger partial charge in [0.2, 0.25) is 5.71 Å². The first-order valence-electron chi connectivity index (χ1n) is 7.11. The van der Waals surface area contributed by atoms with Crippen molar-refractivity contribution in [1.29, 1.82) is 0 Å². The number of hydrogen-bond acceptors (Lipinski definition) is 5. The van der Waals surface area contributed by atoms with Gasteiger partial charge in [-0.3, -0.25) is 18.7 Å². The molecule has 3 aromatic rings. The summed E-state index contributed by atoms with van der Waals surface area (Å²) in [5, 5.41) is 2.14. The van der Waals surface area contributed by atoms with Gasteiger partial charge in [0.25, 0.3) is 11.5 Å². The molecule has 0 unspecified atom stereocenters. The SMILES string of the molecule is Cn1c(=O)c2cc(NC(=O)c3ccccc3F)c(=O)oc2n(C)c1=O. The quantitative estimate of drug-likeness (QED) is 0.732. The van der Waals surface area contributed by atoms with Crippen LogP contribution in [0.1, 0.15) is 10.4 Å². The number of anilines is 1. The Kier molecular flexibility index (Phi) is 3.84. The Hall–Kier alpha value is -3.49. The van der Waals surface area contributed by atoms with E-state index in [0.29, 0.717) is 0 Å². The summed E-state index contributed by atoms with van der Waals surface area (Å²) >= 11 is 0. The maximum absolute atomic E-state index is 13.7. The van der Waals surface area contributed by atoms with Crippen molar-refractivity contribution in [2.45, 2.75) is 0 Å². The number of amides is 1. The Morgan fingerprint density at radius 1 is 1.12 bits per heavy atom. The fourth-order valence-electron chi connectivity index (χ4n) is 2.37. The van der Waals surface area contributed by atoms with Crippen molar-refractivity contribution in [1.82, 2.24) is 9.13 Å². The number of carbonyl (C=O) groups is 1. The second kappa shape index (κ2) is 5.86. The summed E-state index contributed by atoms with van der Waals surface area (Å²) < 4.78 is 20.5. The summed E-state index contributed by atoms with van der Waals surface area (Å²) in [6, 6.07) is 6.33. The summed E-state index contributed by atoms with van der Waals surface area (Å²) in [5.41, 5.74) is -3.15. The van der Waals surface area contributed by atoms with Gasteiger partial charge in [0.15, 0.2) is 0 Å². The van der Waals surface area contributed by atoms with E-state index in [0.717, 1.165) is 21.3 Å². The number of fused-ring (bicyclic) bond motifs is 1. The lowest BCUT2D eigenvalue weighted by atomic mass is 10.2. The van der Waals surface area contributed by atoms with Crippen LogP contribution in [0.15, 0.2) is 49.1 Å². The van der Waals surface area contributed by atoms with E-state index in [9.17, 15) is 23.6 Å². The Morgan fingerprint density at radius 3 is 2.48 bits per heavy atom. The van der Waals surface area contributed by atoms with Crippen LogP contribution in [0.4, 0.5) is 10.1 Å². The van der Waals surface area contributed by atoms with Gasteiger partial charge in [-0.1, -0.05) is 12.1 Å². The van der Waals surface area contributed by atoms with Crippen LogP contribution in [0.5, 0.6) is 0 Å². The molecule has 3 rings (SSSR count). The molecule has 0 aliphatic rings. The third kappa shape index (κ3) is 2.65. The molecule has 0 fully saturated rings. The van der Waals surface area contributed by atoms with Gasteiger partial charge in [-0.25, -0.2) is 14.0 Å². The minimum atomic E-state index is -0.972. The third-order valence-corrected chi connectivity index (χ3v) is 3.71. The largest absolute Gasteiger partial charge is 0.404 e. The van der Waals surface area contributed by atoms with Crippen molar-refractivity contribution < 1.29 is 13.6 Å². The van der Waals surface area contributed by atoms with Crippen LogP contribution >= 0.6 is 0 Å². The van der Waals surface area contributed by atoms with Crippen LogP contribution in [0.3, 0.4) is 0 Å². The molecule has 0 saturated carbocycles. The number of carbonyl (C=O) groups excluding carboxylic acids is 1. The Labute approximate surface area is 138 Å². The lowest BCUT2D eigenvalue weighted by Gasteiger charge is -2.08. The number of halogens is 1. The highest BCUT2D eigenvalue weighted by Crippen LogP contribution is 2.13. The summed E-state index contributed by atoms with van der Waals surface area (Å²) in [7, 11) is 2.61. The van der Waals surface area contributed by atoms with Crippen molar-refractivity contribution >= 4 is 22.7 Å². The Balaban J connectivity index is 2.16. The molecular weight excluding hydrogens is 333 g/mol. The maximum atomic E-state index is 13.7. The molecule has 0 aliphatic heterocycles. The zero-order valence-electron chi connectivity index (χ0n) is 13.2. The van der Waals surface area contributed by atoms with Crippen molar-refractivity contribution in [3.8, 4) is 0 Å². The zero-order valence-corrected chi connectivity index (χ0v) is 13.2. The highest BCUT2D eigenvalue weighted by Gasteiger charge is 2.17. The number of benzene rings is 1. The van der Waals surface area contributed by atoms with Crippen molar-refractivity contribution in [3.63, 3.8) is 0 Å². The van der Waals surface area contributed by atoms with E-state index >= 15 is 0 Å². The molecule has 0 saturated heterocycles. The molecule has 2 aromatic heterocycles. The molecule has 0 aliphatic carbocycles. The van der Waals surface area contributed by atoms with E-state index in [4.69, 9.17) is 4.42 Å². The molecule has 0 atom stereocenters. The second-order valence-electron chi connectivity index (χ2n) is 5.31. The molecule has 1 aromatic carbocycles. The lowest BCUT2D eigenvalue weighted by molar-refractivity contribution is 0.102. The molecular formula is C16H12FN3O5. The minimum Gasteiger partial charge on any atom is -0.404 e. The highest BCUT2D eigenvalue weighted by molar-refractivity contribution is 6.04. The van der Waals surface area contributed by atoms with E-state index in [-0.39, 0.29) is 22.4 Å². The van der Waals surface area contributed by atoms with E-state index in [1.165, 1.54) is 32.3 Å². The van der Waals surface area contributed by atoms with Crippen molar-refractivity contribution in [3.05, 3.63) is 73.0 Å². The Bertz CT molecular complexity index is 1190. The van der Waals surface area contributed by atoms with Gasteiger partial charge in [0.1, 0.15) is 16.9 Å². The molecule has 1 N–H and O–H groups in total. The predicted octanol–water partition coefficient (Wildman–Crippen LogP) is 0.582. The van der Waals surface area contributed by atoms with Gasteiger partial charge < -0.3 is 9.73 Å². The van der Waals surface area contributed by atoms with Crippen molar-refractivity contribution in [2.24, 2.45) is 14.1 Å². The Morgan fingerprint density at radius 2 is 1.80 bits per heavy atom. The zero-order chi connectivity index (χ0) is 18.3. The van der Waals surface area contributed by atoms with E-state index in [1.54, 1.807) is 0 Å². The molecule has 128 valence electrons. The van der Waals surface area contributed by atoms with Gasteiger partial charge in [-0.2, -0.15) is 0 Å². The molecule has 2 heterocycles.